The zero-order valence-electron chi connectivity index (χ0n) is 35.1. The highest BCUT2D eigenvalue weighted by Gasteiger charge is 2.52. The number of nitrogens with one attached hydrogen (secondary N) is 1. The van der Waals surface area contributed by atoms with E-state index in [4.69, 9.17) is 19.7 Å². The molecule has 1 atom stereocenters. The van der Waals surface area contributed by atoms with E-state index in [1.807, 2.05) is 13.0 Å². The lowest BCUT2D eigenvalue weighted by Crippen LogP contribution is -2.62. The fourth-order valence-corrected chi connectivity index (χ4v) is 10.3. The summed E-state index contributed by atoms with van der Waals surface area (Å²) in [5.74, 6) is 8.85. The average Bonchev–Trinajstić information content (AvgIpc) is 3.71. The molecule has 2 aromatic carbocycles. The third-order valence-corrected chi connectivity index (χ3v) is 13.6. The first-order valence-electron chi connectivity index (χ1n) is 20.9. The molecule has 3 aromatic heterocycles. The predicted octanol–water partition coefficient (Wildman–Crippen LogP) is 7.74. The Morgan fingerprint density at radius 3 is 2.43 bits per heavy atom. The van der Waals surface area contributed by atoms with Gasteiger partial charge in [0.05, 0.1) is 24.0 Å². The summed E-state index contributed by atoms with van der Waals surface area (Å²) in [4.78, 5) is 21.7. The number of fused-ring (bicyclic) bond motifs is 3. The number of carbonyl (C=O) groups is 1. The number of amides is 1. The summed E-state index contributed by atoms with van der Waals surface area (Å²) in [5, 5.41) is 30.7. The molecule has 0 radical (unpaired) electrons. The molecule has 63 heavy (non-hydrogen) atoms. The molecule has 3 fully saturated rings. The van der Waals surface area contributed by atoms with Crippen LogP contribution in [0.2, 0.25) is 0 Å². The Balaban J connectivity index is 0.744. The number of nitriles is 1. The second-order valence-corrected chi connectivity index (χ2v) is 18.0. The molecule has 4 aliphatic rings. The first-order valence-corrected chi connectivity index (χ1v) is 21.7. The minimum absolute atomic E-state index is 0.109. The van der Waals surface area contributed by atoms with Crippen LogP contribution in [0.1, 0.15) is 99.4 Å². The molecule has 13 nitrogen and oxygen atoms in total. The fraction of sp³-hybridized carbons (Fsp3) is 0.413. The van der Waals surface area contributed by atoms with Crippen LogP contribution in [0.5, 0.6) is 11.5 Å². The molecule has 1 amide bonds. The number of rotatable bonds is 9. The maximum Gasteiger partial charge on any atom is 0.573 e. The van der Waals surface area contributed by atoms with Crippen molar-refractivity contribution in [3.8, 4) is 34.4 Å². The molecule has 5 aromatic rings. The highest BCUT2D eigenvalue weighted by atomic mass is 32.1. The molecule has 2 aliphatic carbocycles. The number of halogens is 3. The Kier molecular flexibility index (Phi) is 11.2. The molecule has 1 N–H and O–H groups in total. The number of hydrogen-bond acceptors (Lipinski definition) is 12. The maximum absolute atomic E-state index is 13.0. The lowest BCUT2D eigenvalue weighted by atomic mass is 9.58. The van der Waals surface area contributed by atoms with Gasteiger partial charge in [-0.25, -0.2) is 0 Å². The van der Waals surface area contributed by atoms with Gasteiger partial charge in [0.2, 0.25) is 0 Å². The number of alkyl halides is 3. The zero-order chi connectivity index (χ0) is 44.0. The summed E-state index contributed by atoms with van der Waals surface area (Å²) in [7, 11) is 1.68. The number of benzene rings is 2. The van der Waals surface area contributed by atoms with Crippen LogP contribution in [0, 0.1) is 55.3 Å². The van der Waals surface area contributed by atoms with Crippen LogP contribution in [0.15, 0.2) is 59.6 Å². The molecular weight excluding hydrogens is 832 g/mol. The van der Waals surface area contributed by atoms with Crippen molar-refractivity contribution in [2.45, 2.75) is 83.8 Å². The van der Waals surface area contributed by atoms with Gasteiger partial charge in [-0.05, 0) is 101 Å². The first kappa shape index (κ1) is 42.0. The van der Waals surface area contributed by atoms with Crippen molar-refractivity contribution in [3.63, 3.8) is 0 Å². The van der Waals surface area contributed by atoms with Gasteiger partial charge in [0.25, 0.3) is 5.91 Å². The summed E-state index contributed by atoms with van der Waals surface area (Å²) < 4.78 is 56.0. The van der Waals surface area contributed by atoms with Gasteiger partial charge in [-0.1, -0.05) is 24.0 Å². The van der Waals surface area contributed by atoms with Crippen molar-refractivity contribution in [2.24, 2.45) is 16.3 Å². The minimum Gasteiger partial charge on any atom is -0.490 e. The Bertz CT molecular complexity index is 2670. The van der Waals surface area contributed by atoms with E-state index < -0.39 is 12.1 Å². The van der Waals surface area contributed by atoms with E-state index >= 15 is 0 Å². The molecule has 2 aliphatic heterocycles. The SMILES string of the molecule is COC[C@@H]1N=C(c2ccc(C#CC3CC4(C3)CN(c3ccc(C(=O)NC5CCC(Oc6ccc(C#N)c(OC(F)(F)F)c6)CC5)nn3)C4)cc2)c2c(sc(C)c2C)-n2c(C)nnc21. The van der Waals surface area contributed by atoms with Gasteiger partial charge in [-0.15, -0.1) is 44.9 Å². The Labute approximate surface area is 366 Å². The Morgan fingerprint density at radius 2 is 1.75 bits per heavy atom. The second kappa shape index (κ2) is 16.8. The van der Waals surface area contributed by atoms with Crippen LogP contribution in [0.4, 0.5) is 19.0 Å². The van der Waals surface area contributed by atoms with Crippen molar-refractivity contribution in [2.75, 3.05) is 31.7 Å². The van der Waals surface area contributed by atoms with Crippen LogP contribution in [0.25, 0.3) is 5.00 Å². The van der Waals surface area contributed by atoms with Gasteiger partial charge in [0, 0.05) is 65.2 Å². The van der Waals surface area contributed by atoms with E-state index in [-0.39, 0.29) is 46.5 Å². The van der Waals surface area contributed by atoms with Crippen molar-refractivity contribution >= 4 is 28.8 Å². The summed E-state index contributed by atoms with van der Waals surface area (Å²) in [6.07, 6.45) is -0.743. The lowest BCUT2D eigenvalue weighted by Gasteiger charge is -2.58. The standard InChI is InChI=1S/C46H44F3N9O4S/c1-26-27(2)63-44-40(26)41(52-37(23-60-4)42-56-53-28(3)58(42)44)31-9-7-29(8-10-31)5-6-30-20-45(21-30)24-57(25-45)39-18-17-36(54-55-39)43(59)51-33-12-15-34(16-13-33)61-35-14-11-32(22-50)38(19-35)62-46(47,48)49/h7-11,14,17-19,30,33-34,37H,12-13,15-16,20-21,23-25H2,1-4H3,(H,51,59)/t33?,34?,37-/m0/s1. The zero-order valence-corrected chi connectivity index (χ0v) is 35.9. The van der Waals surface area contributed by atoms with Crippen molar-refractivity contribution in [1.82, 2.24) is 30.3 Å². The van der Waals surface area contributed by atoms with Crippen molar-refractivity contribution in [1.29, 1.82) is 5.26 Å². The van der Waals surface area contributed by atoms with E-state index in [0.717, 1.165) is 76.9 Å². The normalized spacial score (nSPS) is 20.1. The van der Waals surface area contributed by atoms with Gasteiger partial charge >= 0.3 is 6.36 Å². The van der Waals surface area contributed by atoms with E-state index in [9.17, 15) is 18.0 Å². The third-order valence-electron chi connectivity index (χ3n) is 12.4. The lowest BCUT2D eigenvalue weighted by molar-refractivity contribution is -0.274. The number of thiophene rings is 1. The largest absolute Gasteiger partial charge is 0.573 e. The monoisotopic (exact) mass is 875 g/mol. The predicted molar refractivity (Wildman–Crippen MR) is 228 cm³/mol. The summed E-state index contributed by atoms with van der Waals surface area (Å²) in [6, 6.07) is 16.9. The maximum atomic E-state index is 13.0. The highest BCUT2D eigenvalue weighted by Crippen LogP contribution is 2.52. The summed E-state index contributed by atoms with van der Waals surface area (Å²) in [6.45, 7) is 8.39. The van der Waals surface area contributed by atoms with E-state index in [0.29, 0.717) is 38.2 Å². The van der Waals surface area contributed by atoms with Gasteiger partial charge in [-0.3, -0.25) is 14.4 Å². The molecule has 2 saturated carbocycles. The first-order chi connectivity index (χ1) is 30.3. The smallest absolute Gasteiger partial charge is 0.490 e. The van der Waals surface area contributed by atoms with Crippen molar-refractivity contribution < 1.29 is 32.2 Å². The van der Waals surface area contributed by atoms with Gasteiger partial charge in [0.15, 0.2) is 23.1 Å². The van der Waals surface area contributed by atoms with Gasteiger partial charge in [0.1, 0.15) is 28.7 Å². The van der Waals surface area contributed by atoms with E-state index in [1.165, 1.54) is 22.6 Å². The van der Waals surface area contributed by atoms with E-state index in [1.54, 1.807) is 30.6 Å². The number of methoxy groups -OCH3 is 1. The van der Waals surface area contributed by atoms with Gasteiger partial charge in [-0.2, -0.15) is 5.26 Å². The second-order valence-electron chi connectivity index (χ2n) is 16.8. The number of anilines is 1. The minimum atomic E-state index is -4.93. The molecule has 1 spiro atoms. The number of nitrogens with zero attached hydrogens (tertiary/aromatic N) is 8. The van der Waals surface area contributed by atoms with Crippen LogP contribution < -0.4 is 19.7 Å². The summed E-state index contributed by atoms with van der Waals surface area (Å²) in [5.41, 5.74) is 5.42. The topological polar surface area (TPSA) is 153 Å². The van der Waals surface area contributed by atoms with Crippen LogP contribution >= 0.6 is 11.3 Å². The molecule has 17 heteroatoms. The number of carbonyl (C=O) groups excluding carboxylic acids is 1. The molecule has 1 saturated heterocycles. The molecule has 9 rings (SSSR count). The Morgan fingerprint density at radius 1 is 0.984 bits per heavy atom. The third kappa shape index (κ3) is 8.60. The van der Waals surface area contributed by atoms with Gasteiger partial charge < -0.3 is 24.4 Å². The fourth-order valence-electron chi connectivity index (χ4n) is 9.09. The average molecular weight is 876 g/mol. The molecule has 0 unspecified atom stereocenters. The van der Waals surface area contributed by atoms with Crippen LogP contribution in [-0.4, -0.2) is 81.9 Å². The number of hydrogen-bond donors (Lipinski definition) is 1. The molecule has 0 bridgehead atoms. The van der Waals surface area contributed by atoms with Crippen molar-refractivity contribution in [3.05, 3.63) is 105 Å². The highest BCUT2D eigenvalue weighted by molar-refractivity contribution is 7.15. The number of aryl methyl sites for hydroxylation is 2. The Hall–Kier alpha value is -6.30. The number of aromatic nitrogens is 5. The van der Waals surface area contributed by atoms with E-state index in [2.05, 4.69) is 89.9 Å². The molecule has 324 valence electrons. The number of aliphatic imine (C=N–C) groups is 1. The number of ether oxygens (including phenoxy) is 3. The van der Waals surface area contributed by atoms with Crippen LogP contribution in [0.3, 0.4) is 0 Å². The quantitative estimate of drug-likeness (QED) is 0.146. The van der Waals surface area contributed by atoms with Crippen LogP contribution in [-0.2, 0) is 4.74 Å². The molecular formula is C46H44F3N9O4S. The molecule has 5 heterocycles. The summed E-state index contributed by atoms with van der Waals surface area (Å²) >= 11 is 1.73.